The highest BCUT2D eigenvalue weighted by molar-refractivity contribution is 9.10. The second kappa shape index (κ2) is 6.27. The summed E-state index contributed by atoms with van der Waals surface area (Å²) in [5.74, 6) is 0. The van der Waals surface area contributed by atoms with Gasteiger partial charge in [-0.15, -0.1) is 0 Å². The number of morpholine rings is 1. The number of nitrogens with zero attached hydrogens (tertiary/aromatic N) is 1. The predicted molar refractivity (Wildman–Crippen MR) is 93.0 cm³/mol. The fraction of sp³-hybridized carbons (Fsp3) is 0.647. The zero-order valence-electron chi connectivity index (χ0n) is 13.8. The van der Waals surface area contributed by atoms with Crippen molar-refractivity contribution >= 4 is 21.6 Å². The van der Waals surface area contributed by atoms with Crippen LogP contribution in [-0.2, 0) is 11.3 Å². The highest BCUT2D eigenvalue weighted by atomic mass is 79.9. The molecular weight excluding hydrogens is 328 g/mol. The average molecular weight is 355 g/mol. The van der Waals surface area contributed by atoms with Gasteiger partial charge in [-0.3, -0.25) is 0 Å². The Morgan fingerprint density at radius 1 is 1.19 bits per heavy atom. The van der Waals surface area contributed by atoms with Crippen LogP contribution in [0.4, 0.5) is 5.69 Å². The SMILES string of the molecule is CCNCc1ccc(N2CC(C)(C)OC(C)(C)C2)cc1Br. The highest BCUT2D eigenvalue weighted by Crippen LogP contribution is 2.33. The summed E-state index contributed by atoms with van der Waals surface area (Å²) in [7, 11) is 0. The summed E-state index contributed by atoms with van der Waals surface area (Å²) < 4.78 is 7.33. The second-order valence-corrected chi connectivity index (χ2v) is 7.89. The first-order chi connectivity index (χ1) is 9.72. The molecule has 1 aliphatic rings. The molecule has 4 heteroatoms. The van der Waals surface area contributed by atoms with Crippen molar-refractivity contribution < 1.29 is 4.74 Å². The summed E-state index contributed by atoms with van der Waals surface area (Å²) in [6, 6.07) is 6.65. The molecule has 0 radical (unpaired) electrons. The molecule has 0 saturated carbocycles. The third-order valence-corrected chi connectivity index (χ3v) is 4.40. The van der Waals surface area contributed by atoms with Gasteiger partial charge < -0.3 is 15.0 Å². The minimum Gasteiger partial charge on any atom is -0.366 e. The van der Waals surface area contributed by atoms with Gasteiger partial charge in [-0.05, 0) is 51.9 Å². The quantitative estimate of drug-likeness (QED) is 0.885. The van der Waals surface area contributed by atoms with Gasteiger partial charge in [-0.2, -0.15) is 0 Å². The molecule has 0 amide bonds. The van der Waals surface area contributed by atoms with E-state index in [9.17, 15) is 0 Å². The zero-order chi connectivity index (χ0) is 15.7. The molecule has 1 aliphatic heterocycles. The molecule has 0 unspecified atom stereocenters. The van der Waals surface area contributed by atoms with Gasteiger partial charge >= 0.3 is 0 Å². The molecule has 3 nitrogen and oxygen atoms in total. The first-order valence-electron chi connectivity index (χ1n) is 7.67. The van der Waals surface area contributed by atoms with Crippen LogP contribution >= 0.6 is 15.9 Å². The van der Waals surface area contributed by atoms with E-state index < -0.39 is 0 Å². The van der Waals surface area contributed by atoms with Gasteiger partial charge in [0.1, 0.15) is 0 Å². The van der Waals surface area contributed by atoms with Crippen molar-refractivity contribution in [3.8, 4) is 0 Å². The van der Waals surface area contributed by atoms with E-state index in [0.29, 0.717) is 0 Å². The number of hydrogen-bond donors (Lipinski definition) is 1. The van der Waals surface area contributed by atoms with Gasteiger partial charge in [0.15, 0.2) is 0 Å². The van der Waals surface area contributed by atoms with Crippen molar-refractivity contribution in [3.05, 3.63) is 28.2 Å². The van der Waals surface area contributed by atoms with E-state index in [0.717, 1.165) is 26.2 Å². The van der Waals surface area contributed by atoms with Crippen LogP contribution in [0.15, 0.2) is 22.7 Å². The largest absolute Gasteiger partial charge is 0.366 e. The zero-order valence-corrected chi connectivity index (χ0v) is 15.4. The number of nitrogens with one attached hydrogen (secondary N) is 1. The Labute approximate surface area is 137 Å². The van der Waals surface area contributed by atoms with E-state index in [1.165, 1.54) is 15.7 Å². The summed E-state index contributed by atoms with van der Waals surface area (Å²) in [6.07, 6.45) is 0. The fourth-order valence-electron chi connectivity index (χ4n) is 3.11. The molecule has 21 heavy (non-hydrogen) atoms. The van der Waals surface area contributed by atoms with Crippen molar-refractivity contribution in [2.24, 2.45) is 0 Å². The van der Waals surface area contributed by atoms with E-state index in [-0.39, 0.29) is 11.2 Å². The maximum atomic E-state index is 6.16. The molecule has 1 N–H and O–H groups in total. The normalized spacial score (nSPS) is 20.6. The minimum absolute atomic E-state index is 0.128. The molecule has 1 fully saturated rings. The highest BCUT2D eigenvalue weighted by Gasteiger charge is 2.38. The first-order valence-corrected chi connectivity index (χ1v) is 8.46. The van der Waals surface area contributed by atoms with Crippen LogP contribution in [0.5, 0.6) is 0 Å². The standard InChI is InChI=1S/C17H27BrN2O/c1-6-19-10-13-7-8-14(9-15(13)18)20-11-16(2,3)21-17(4,5)12-20/h7-9,19H,6,10-12H2,1-5H3. The summed E-state index contributed by atoms with van der Waals surface area (Å²) in [5.41, 5.74) is 2.30. The van der Waals surface area contributed by atoms with Crippen molar-refractivity contribution in [1.82, 2.24) is 5.32 Å². The first kappa shape index (κ1) is 16.8. The number of halogens is 1. The predicted octanol–water partition coefficient (Wildman–Crippen LogP) is 3.95. The smallest absolute Gasteiger partial charge is 0.0808 e. The summed E-state index contributed by atoms with van der Waals surface area (Å²) in [6.45, 7) is 14.5. The lowest BCUT2D eigenvalue weighted by Gasteiger charge is -2.48. The van der Waals surface area contributed by atoms with Crippen molar-refractivity contribution in [2.45, 2.75) is 52.4 Å². The van der Waals surface area contributed by atoms with Gasteiger partial charge in [0.2, 0.25) is 0 Å². The van der Waals surface area contributed by atoms with Gasteiger partial charge in [0, 0.05) is 29.8 Å². The van der Waals surface area contributed by atoms with E-state index >= 15 is 0 Å². The van der Waals surface area contributed by atoms with Gasteiger partial charge in [-0.25, -0.2) is 0 Å². The molecule has 0 aromatic heterocycles. The lowest BCUT2D eigenvalue weighted by atomic mass is 9.98. The van der Waals surface area contributed by atoms with Crippen LogP contribution in [0.2, 0.25) is 0 Å². The third-order valence-electron chi connectivity index (χ3n) is 3.66. The Kier molecular flexibility index (Phi) is 5.01. The molecule has 1 aromatic carbocycles. The van der Waals surface area contributed by atoms with Crippen LogP contribution in [0.1, 0.15) is 40.2 Å². The molecular formula is C17H27BrN2O. The summed E-state index contributed by atoms with van der Waals surface area (Å²) in [4.78, 5) is 2.42. The molecule has 0 aliphatic carbocycles. The van der Waals surface area contributed by atoms with Crippen LogP contribution in [-0.4, -0.2) is 30.8 Å². The Bertz CT molecular complexity index is 484. The Hall–Kier alpha value is -0.580. The van der Waals surface area contributed by atoms with E-state index in [4.69, 9.17) is 4.74 Å². The van der Waals surface area contributed by atoms with Crippen LogP contribution in [0, 0.1) is 0 Å². The van der Waals surface area contributed by atoms with Crippen LogP contribution in [0.25, 0.3) is 0 Å². The number of anilines is 1. The Morgan fingerprint density at radius 2 is 1.81 bits per heavy atom. The monoisotopic (exact) mass is 354 g/mol. The van der Waals surface area contributed by atoms with E-state index in [1.807, 2.05) is 0 Å². The number of rotatable bonds is 4. The molecule has 1 heterocycles. The van der Waals surface area contributed by atoms with Crippen molar-refractivity contribution in [3.63, 3.8) is 0 Å². The molecule has 1 saturated heterocycles. The molecule has 0 atom stereocenters. The summed E-state index contributed by atoms with van der Waals surface area (Å²) in [5, 5.41) is 3.37. The number of benzene rings is 1. The fourth-order valence-corrected chi connectivity index (χ4v) is 3.61. The van der Waals surface area contributed by atoms with Crippen LogP contribution in [0.3, 0.4) is 0 Å². The average Bonchev–Trinajstić information content (AvgIpc) is 2.33. The van der Waals surface area contributed by atoms with Gasteiger partial charge in [-0.1, -0.05) is 28.9 Å². The van der Waals surface area contributed by atoms with Crippen LogP contribution < -0.4 is 10.2 Å². The number of hydrogen-bond acceptors (Lipinski definition) is 3. The molecule has 2 rings (SSSR count). The van der Waals surface area contributed by atoms with Gasteiger partial charge in [0.05, 0.1) is 11.2 Å². The van der Waals surface area contributed by atoms with Crippen molar-refractivity contribution in [1.29, 1.82) is 0 Å². The Morgan fingerprint density at radius 3 is 2.33 bits per heavy atom. The maximum absolute atomic E-state index is 6.16. The second-order valence-electron chi connectivity index (χ2n) is 7.03. The topological polar surface area (TPSA) is 24.5 Å². The maximum Gasteiger partial charge on any atom is 0.0808 e. The van der Waals surface area contributed by atoms with Gasteiger partial charge in [0.25, 0.3) is 0 Å². The molecule has 0 bridgehead atoms. The Balaban J connectivity index is 2.19. The van der Waals surface area contributed by atoms with Crippen molar-refractivity contribution in [2.75, 3.05) is 24.5 Å². The number of ether oxygens (including phenoxy) is 1. The molecule has 1 aromatic rings. The molecule has 118 valence electrons. The lowest BCUT2D eigenvalue weighted by Crippen LogP contribution is -2.57. The lowest BCUT2D eigenvalue weighted by molar-refractivity contribution is -0.133. The van der Waals surface area contributed by atoms with E-state index in [1.54, 1.807) is 0 Å². The van der Waals surface area contributed by atoms with E-state index in [2.05, 4.69) is 79.0 Å². The summed E-state index contributed by atoms with van der Waals surface area (Å²) >= 11 is 3.70. The third kappa shape index (κ3) is 4.44. The minimum atomic E-state index is -0.128. The molecule has 0 spiro atoms.